The molecule has 1 atom stereocenters. The van der Waals surface area contributed by atoms with Crippen LogP contribution in [0.3, 0.4) is 0 Å². The van der Waals surface area contributed by atoms with Gasteiger partial charge in [-0.05, 0) is 36.2 Å². The lowest BCUT2D eigenvalue weighted by atomic mass is 10.1. The minimum absolute atomic E-state index is 0.0789. The molecule has 0 spiro atoms. The van der Waals surface area contributed by atoms with Crippen molar-refractivity contribution in [1.29, 1.82) is 0 Å². The predicted molar refractivity (Wildman–Crippen MR) is 108 cm³/mol. The van der Waals surface area contributed by atoms with Crippen molar-refractivity contribution in [2.75, 3.05) is 26.1 Å². The number of anilines is 1. The molecule has 29 heavy (non-hydrogen) atoms. The number of aromatic nitrogens is 2. The van der Waals surface area contributed by atoms with E-state index in [1.54, 1.807) is 18.8 Å². The third-order valence-corrected chi connectivity index (χ3v) is 5.00. The number of methoxy groups -OCH3 is 2. The van der Waals surface area contributed by atoms with Gasteiger partial charge in [0, 0.05) is 6.54 Å². The van der Waals surface area contributed by atoms with Crippen molar-refractivity contribution in [2.45, 2.75) is 18.9 Å². The van der Waals surface area contributed by atoms with Gasteiger partial charge in [-0.3, -0.25) is 19.5 Å². The Labute approximate surface area is 167 Å². The van der Waals surface area contributed by atoms with Crippen molar-refractivity contribution >= 4 is 28.8 Å². The van der Waals surface area contributed by atoms with Crippen molar-refractivity contribution in [1.82, 2.24) is 14.9 Å². The summed E-state index contributed by atoms with van der Waals surface area (Å²) in [5, 5.41) is 5.69. The fourth-order valence-electron chi connectivity index (χ4n) is 3.58. The number of imidazole rings is 1. The number of para-hydroxylation sites is 2. The molecule has 0 aliphatic carbocycles. The van der Waals surface area contributed by atoms with Gasteiger partial charge < -0.3 is 14.8 Å². The molecule has 1 aliphatic heterocycles. The van der Waals surface area contributed by atoms with E-state index in [1.165, 1.54) is 0 Å². The zero-order chi connectivity index (χ0) is 20.4. The van der Waals surface area contributed by atoms with Crippen molar-refractivity contribution in [3.8, 4) is 11.5 Å². The van der Waals surface area contributed by atoms with E-state index in [2.05, 4.69) is 15.6 Å². The maximum Gasteiger partial charge on any atom is 0.243 e. The molecule has 0 fully saturated rings. The molecule has 2 N–H and O–H groups in total. The minimum atomic E-state index is -0.628. The number of hydrogen-bond acceptors (Lipinski definition) is 5. The Hall–Kier alpha value is -3.55. The number of fused-ring (bicyclic) bond motifs is 3. The molecule has 4 rings (SSSR count). The number of nitrogens with one attached hydrogen (secondary N) is 2. The van der Waals surface area contributed by atoms with Gasteiger partial charge in [-0.2, -0.15) is 0 Å². The number of amides is 2. The van der Waals surface area contributed by atoms with E-state index in [1.807, 2.05) is 42.5 Å². The fourth-order valence-corrected chi connectivity index (χ4v) is 3.58. The van der Waals surface area contributed by atoms with Gasteiger partial charge in [0.25, 0.3) is 0 Å². The Morgan fingerprint density at radius 2 is 2.00 bits per heavy atom. The summed E-state index contributed by atoms with van der Waals surface area (Å²) in [5.41, 5.74) is 2.58. The molecule has 1 aromatic heterocycles. The summed E-state index contributed by atoms with van der Waals surface area (Å²) in [6.07, 6.45) is 0.706. The summed E-state index contributed by atoms with van der Waals surface area (Å²) in [6.45, 7) is 0.439. The Balaban J connectivity index is 1.48. The van der Waals surface area contributed by atoms with Crippen molar-refractivity contribution in [2.24, 2.45) is 0 Å². The zero-order valence-corrected chi connectivity index (χ0v) is 16.3. The van der Waals surface area contributed by atoms with Gasteiger partial charge in [0.05, 0.1) is 31.7 Å². The Kier molecular flexibility index (Phi) is 5.07. The zero-order valence-electron chi connectivity index (χ0n) is 16.3. The first-order valence-corrected chi connectivity index (χ1v) is 9.36. The van der Waals surface area contributed by atoms with Crippen LogP contribution < -0.4 is 20.1 Å². The highest BCUT2D eigenvalue weighted by Crippen LogP contribution is 2.30. The van der Waals surface area contributed by atoms with Crippen LogP contribution in [0.4, 0.5) is 5.95 Å². The monoisotopic (exact) mass is 394 g/mol. The first-order valence-electron chi connectivity index (χ1n) is 9.36. The minimum Gasteiger partial charge on any atom is -0.493 e. The van der Waals surface area contributed by atoms with Crippen LogP contribution in [0.2, 0.25) is 0 Å². The second-order valence-electron chi connectivity index (χ2n) is 6.79. The van der Waals surface area contributed by atoms with Crippen LogP contribution in [0.15, 0.2) is 42.5 Å². The average molecular weight is 394 g/mol. The smallest absolute Gasteiger partial charge is 0.243 e. The van der Waals surface area contributed by atoms with Crippen LogP contribution in [0.25, 0.3) is 11.0 Å². The molecule has 2 heterocycles. The average Bonchev–Trinajstić information content (AvgIpc) is 3.10. The van der Waals surface area contributed by atoms with Crippen molar-refractivity contribution in [3.63, 3.8) is 0 Å². The molecule has 150 valence electrons. The van der Waals surface area contributed by atoms with E-state index in [0.29, 0.717) is 30.4 Å². The molecule has 0 saturated carbocycles. The first kappa shape index (κ1) is 18.8. The molecule has 8 heteroatoms. The molecule has 1 unspecified atom stereocenters. The van der Waals surface area contributed by atoms with E-state index in [-0.39, 0.29) is 18.2 Å². The number of benzene rings is 2. The van der Waals surface area contributed by atoms with Crippen LogP contribution in [0.1, 0.15) is 18.0 Å². The molecular weight excluding hydrogens is 372 g/mol. The van der Waals surface area contributed by atoms with E-state index in [4.69, 9.17) is 9.47 Å². The van der Waals surface area contributed by atoms with Gasteiger partial charge in [-0.1, -0.05) is 18.2 Å². The summed E-state index contributed by atoms with van der Waals surface area (Å²) >= 11 is 0. The van der Waals surface area contributed by atoms with E-state index in [9.17, 15) is 9.59 Å². The van der Waals surface area contributed by atoms with Gasteiger partial charge in [0.15, 0.2) is 11.5 Å². The van der Waals surface area contributed by atoms with Crippen LogP contribution in [-0.2, 0) is 16.0 Å². The molecule has 8 nitrogen and oxygen atoms in total. The largest absolute Gasteiger partial charge is 0.493 e. The maximum atomic E-state index is 12.9. The van der Waals surface area contributed by atoms with Crippen molar-refractivity contribution in [3.05, 3.63) is 48.0 Å². The van der Waals surface area contributed by atoms with Gasteiger partial charge in [0.1, 0.15) is 6.04 Å². The summed E-state index contributed by atoms with van der Waals surface area (Å²) in [4.78, 5) is 29.4. The van der Waals surface area contributed by atoms with Crippen LogP contribution in [0.5, 0.6) is 11.5 Å². The third-order valence-electron chi connectivity index (χ3n) is 5.00. The second kappa shape index (κ2) is 7.83. The van der Waals surface area contributed by atoms with Gasteiger partial charge in [-0.25, -0.2) is 4.98 Å². The number of hydrogen-bond donors (Lipinski definition) is 2. The normalized spacial score (nSPS) is 15.5. The Morgan fingerprint density at radius 3 is 2.79 bits per heavy atom. The Bertz CT molecular complexity index is 1080. The highest BCUT2D eigenvalue weighted by Gasteiger charge is 2.32. The van der Waals surface area contributed by atoms with Crippen LogP contribution in [0, 0.1) is 0 Å². The highest BCUT2D eigenvalue weighted by atomic mass is 16.5. The predicted octanol–water partition coefficient (Wildman–Crippen LogP) is 2.30. The van der Waals surface area contributed by atoms with Crippen molar-refractivity contribution < 1.29 is 19.1 Å². The lowest BCUT2D eigenvalue weighted by Crippen LogP contribution is -2.39. The summed E-state index contributed by atoms with van der Waals surface area (Å²) in [5.74, 6) is 1.29. The standard InChI is InChI=1S/C21H22N4O4/c1-28-17-8-7-13(11-18(17)29-2)9-10-22-20(27)16-12-19(26)24-21-23-14-5-3-4-6-15(14)25(16)21/h3-8,11,16H,9-10,12H2,1-2H3,(H,22,27)(H,23,24,26). The summed E-state index contributed by atoms with van der Waals surface area (Å²) < 4.78 is 12.4. The number of rotatable bonds is 6. The molecule has 3 aromatic rings. The van der Waals surface area contributed by atoms with Gasteiger partial charge in [-0.15, -0.1) is 0 Å². The fraction of sp³-hybridized carbons (Fsp3) is 0.286. The molecule has 1 aliphatic rings. The second-order valence-corrected chi connectivity index (χ2v) is 6.79. The molecule has 2 amide bonds. The van der Waals surface area contributed by atoms with Crippen LogP contribution >= 0.6 is 0 Å². The number of carbonyl (C=O) groups is 2. The summed E-state index contributed by atoms with van der Waals surface area (Å²) in [7, 11) is 3.18. The topological polar surface area (TPSA) is 94.5 Å². The van der Waals surface area contributed by atoms with E-state index >= 15 is 0 Å². The number of carbonyl (C=O) groups excluding carboxylic acids is 2. The molecular formula is C21H22N4O4. The maximum absolute atomic E-state index is 12.9. The molecule has 2 aromatic carbocycles. The first-order chi connectivity index (χ1) is 14.1. The van der Waals surface area contributed by atoms with Gasteiger partial charge >= 0.3 is 0 Å². The van der Waals surface area contributed by atoms with Crippen LogP contribution in [-0.4, -0.2) is 42.1 Å². The van der Waals surface area contributed by atoms with Gasteiger partial charge in [0.2, 0.25) is 17.8 Å². The number of nitrogens with zero attached hydrogens (tertiary/aromatic N) is 2. The third kappa shape index (κ3) is 3.61. The SMILES string of the molecule is COc1ccc(CCNC(=O)C2CC(=O)Nc3nc4ccccc4n32)cc1OC. The quantitative estimate of drug-likeness (QED) is 0.669. The summed E-state index contributed by atoms with van der Waals surface area (Å²) in [6, 6.07) is 12.6. The Morgan fingerprint density at radius 1 is 1.21 bits per heavy atom. The highest BCUT2D eigenvalue weighted by molar-refractivity contribution is 5.99. The lowest BCUT2D eigenvalue weighted by Gasteiger charge is -2.25. The van der Waals surface area contributed by atoms with E-state index in [0.717, 1.165) is 16.6 Å². The molecule has 0 bridgehead atoms. The number of ether oxygens (including phenoxy) is 2. The molecule has 0 radical (unpaired) electrons. The lowest BCUT2D eigenvalue weighted by molar-refractivity contribution is -0.128. The van der Waals surface area contributed by atoms with E-state index < -0.39 is 6.04 Å². The molecule has 0 saturated heterocycles.